The molecular weight excluding hydrogens is 545 g/mol. The molecule has 0 radical (unpaired) electrons. The fraction of sp³-hybridized carbons (Fsp3) is 0.154. The summed E-state index contributed by atoms with van der Waals surface area (Å²) < 4.78 is 45.4. The summed E-state index contributed by atoms with van der Waals surface area (Å²) in [4.78, 5) is 21.6. The van der Waals surface area contributed by atoms with Crippen molar-refractivity contribution in [1.29, 1.82) is 0 Å². The number of benzene rings is 3. The minimum Gasteiger partial charge on any atom is -0.406 e. The van der Waals surface area contributed by atoms with E-state index in [-0.39, 0.29) is 24.9 Å². The molecule has 0 aliphatic rings. The Bertz CT molecular complexity index is 1460. The molecule has 4 rings (SSSR count). The highest BCUT2D eigenvalue weighted by Crippen LogP contribution is 2.24. The number of nitrogens with two attached hydrogens (primary N) is 1. The van der Waals surface area contributed by atoms with Gasteiger partial charge < -0.3 is 15.8 Å². The number of carbonyl (C=O) groups is 1. The molecule has 0 atom stereocenters. The van der Waals surface area contributed by atoms with Crippen molar-refractivity contribution in [3.8, 4) is 22.8 Å². The number of guanidine groups is 1. The van der Waals surface area contributed by atoms with Crippen LogP contribution in [0.3, 0.4) is 0 Å². The molecule has 10 nitrogen and oxygen atoms in total. The highest BCUT2D eigenvalue weighted by atomic mass is 32.2. The number of nitrogens with one attached hydrogen (secondary N) is 3. The number of aromatic nitrogens is 3. The van der Waals surface area contributed by atoms with E-state index in [9.17, 15) is 18.0 Å². The topological polar surface area (TPSA) is 131 Å². The number of hydrogen-bond donors (Lipinski definition) is 4. The molecule has 1 aromatic heterocycles. The summed E-state index contributed by atoms with van der Waals surface area (Å²) in [6.45, 7) is 2.47. The first-order valence-electron chi connectivity index (χ1n) is 11.8. The highest BCUT2D eigenvalue weighted by Gasteiger charge is 2.31. The van der Waals surface area contributed by atoms with Crippen molar-refractivity contribution >= 4 is 23.9 Å². The Balaban J connectivity index is 1.23. The Morgan fingerprint density at radius 2 is 1.80 bits per heavy atom. The second-order valence-electron chi connectivity index (χ2n) is 8.27. The van der Waals surface area contributed by atoms with Gasteiger partial charge in [0.15, 0.2) is 11.8 Å². The molecule has 0 unspecified atom stereocenters. The molecule has 1 heterocycles. The SMILES string of the molecule is Cc1ccccc1SNCN=C(N)NC(=O)NCc1ccc(-c2ncn(-c3ccc(OC(F)(F)F)cc3)n2)cc1. The standard InChI is InChI=1S/C26H25F3N8O2S/c1-17-4-2-3-5-22(17)40-34-15-32-24(30)35-25(38)31-14-18-6-8-19(9-7-18)23-33-16-37(36-23)20-10-12-21(13-11-20)39-26(27,28)29/h2-13,16,34H,14-15H2,1H3,(H4,30,31,32,35,38). The van der Waals surface area contributed by atoms with Crippen LogP contribution in [0.15, 0.2) is 89.0 Å². The Morgan fingerprint density at radius 3 is 2.50 bits per heavy atom. The summed E-state index contributed by atoms with van der Waals surface area (Å²) in [7, 11) is 0. The van der Waals surface area contributed by atoms with Crippen LogP contribution in [0, 0.1) is 6.92 Å². The maximum atomic E-state index is 12.3. The summed E-state index contributed by atoms with van der Waals surface area (Å²) in [6.07, 6.45) is -3.30. The maximum absolute atomic E-state index is 12.3. The van der Waals surface area contributed by atoms with Gasteiger partial charge in [-0.15, -0.1) is 18.3 Å². The van der Waals surface area contributed by atoms with Crippen molar-refractivity contribution in [2.45, 2.75) is 24.7 Å². The first-order valence-corrected chi connectivity index (χ1v) is 12.7. The van der Waals surface area contributed by atoms with E-state index < -0.39 is 12.4 Å². The predicted molar refractivity (Wildman–Crippen MR) is 146 cm³/mol. The average Bonchev–Trinajstić information content (AvgIpc) is 3.41. The van der Waals surface area contributed by atoms with Crippen molar-refractivity contribution in [2.24, 2.45) is 10.7 Å². The van der Waals surface area contributed by atoms with E-state index in [2.05, 4.69) is 35.2 Å². The normalized spacial score (nSPS) is 11.8. The number of nitrogens with zero attached hydrogens (tertiary/aromatic N) is 4. The van der Waals surface area contributed by atoms with Crippen LogP contribution in [0.2, 0.25) is 0 Å². The molecule has 0 fully saturated rings. The van der Waals surface area contributed by atoms with Crippen molar-refractivity contribution in [1.82, 2.24) is 30.1 Å². The van der Waals surface area contributed by atoms with Gasteiger partial charge in [-0.2, -0.15) is 0 Å². The van der Waals surface area contributed by atoms with Crippen LogP contribution >= 0.6 is 11.9 Å². The third-order valence-corrected chi connectivity index (χ3v) is 6.27. The minimum absolute atomic E-state index is 0.0186. The summed E-state index contributed by atoms with van der Waals surface area (Å²) in [5, 5.41) is 9.55. The predicted octanol–water partition coefficient (Wildman–Crippen LogP) is 4.51. The monoisotopic (exact) mass is 570 g/mol. The highest BCUT2D eigenvalue weighted by molar-refractivity contribution is 7.97. The van der Waals surface area contributed by atoms with E-state index in [4.69, 9.17) is 5.73 Å². The molecule has 40 heavy (non-hydrogen) atoms. The van der Waals surface area contributed by atoms with Crippen LogP contribution in [-0.4, -0.2) is 39.8 Å². The Kier molecular flexibility index (Phi) is 9.24. The molecule has 3 aromatic carbocycles. The van der Waals surface area contributed by atoms with E-state index >= 15 is 0 Å². The number of amides is 2. The number of rotatable bonds is 9. The molecule has 0 saturated carbocycles. The van der Waals surface area contributed by atoms with Crippen LogP contribution in [0.5, 0.6) is 5.75 Å². The number of urea groups is 1. The van der Waals surface area contributed by atoms with Gasteiger partial charge in [0.05, 0.1) is 5.69 Å². The lowest BCUT2D eigenvalue weighted by Crippen LogP contribution is -2.43. The molecule has 0 saturated heterocycles. The third-order valence-electron chi connectivity index (χ3n) is 5.32. The second kappa shape index (κ2) is 13.0. The van der Waals surface area contributed by atoms with Crippen LogP contribution in [-0.2, 0) is 6.54 Å². The van der Waals surface area contributed by atoms with Crippen molar-refractivity contribution in [2.75, 3.05) is 6.67 Å². The van der Waals surface area contributed by atoms with E-state index in [0.717, 1.165) is 21.6 Å². The Labute approximate surface area is 232 Å². The van der Waals surface area contributed by atoms with Gasteiger partial charge in [-0.3, -0.25) is 5.32 Å². The summed E-state index contributed by atoms with van der Waals surface area (Å²) in [5.41, 5.74) is 8.97. The second-order valence-corrected chi connectivity index (χ2v) is 9.21. The number of aliphatic imine (C=N–C) groups is 1. The Morgan fingerprint density at radius 1 is 1.07 bits per heavy atom. The lowest BCUT2D eigenvalue weighted by atomic mass is 10.1. The lowest BCUT2D eigenvalue weighted by Gasteiger charge is -2.09. The number of carbonyl (C=O) groups excluding carboxylic acids is 1. The zero-order valence-corrected chi connectivity index (χ0v) is 22.0. The van der Waals surface area contributed by atoms with Gasteiger partial charge in [0.2, 0.25) is 0 Å². The van der Waals surface area contributed by atoms with Gasteiger partial charge in [-0.05, 0) is 60.3 Å². The zero-order valence-electron chi connectivity index (χ0n) is 21.1. The molecule has 0 aliphatic carbocycles. The first kappa shape index (κ1) is 28.4. The number of aryl methyl sites for hydroxylation is 1. The Hall–Kier alpha value is -4.56. The van der Waals surface area contributed by atoms with Gasteiger partial charge in [-0.1, -0.05) is 42.5 Å². The number of halogens is 3. The largest absolute Gasteiger partial charge is 0.573 e. The smallest absolute Gasteiger partial charge is 0.406 e. The maximum Gasteiger partial charge on any atom is 0.573 e. The molecule has 208 valence electrons. The number of hydrogen-bond acceptors (Lipinski definition) is 7. The molecule has 0 bridgehead atoms. The minimum atomic E-state index is -4.76. The molecule has 0 aliphatic heterocycles. The van der Waals surface area contributed by atoms with Gasteiger partial charge >= 0.3 is 12.4 Å². The van der Waals surface area contributed by atoms with Gasteiger partial charge in [0.25, 0.3) is 0 Å². The van der Waals surface area contributed by atoms with Crippen LogP contribution < -0.4 is 25.8 Å². The van der Waals surface area contributed by atoms with Crippen LogP contribution in [0.1, 0.15) is 11.1 Å². The molecular formula is C26H25F3N8O2S. The van der Waals surface area contributed by atoms with Gasteiger partial charge in [0, 0.05) is 17.0 Å². The first-order chi connectivity index (χ1) is 19.2. The summed E-state index contributed by atoms with van der Waals surface area (Å²) in [6, 6.07) is 19.9. The molecule has 4 aromatic rings. The van der Waals surface area contributed by atoms with Gasteiger partial charge in [-0.25, -0.2) is 24.2 Å². The molecule has 14 heteroatoms. The fourth-order valence-electron chi connectivity index (χ4n) is 3.37. The third kappa shape index (κ3) is 8.47. The van der Waals surface area contributed by atoms with E-state index in [1.165, 1.54) is 47.2 Å². The summed E-state index contributed by atoms with van der Waals surface area (Å²) >= 11 is 1.43. The quantitative estimate of drug-likeness (QED) is 0.101. The van der Waals surface area contributed by atoms with Crippen molar-refractivity contribution in [3.05, 3.63) is 90.3 Å². The number of alkyl halides is 3. The van der Waals surface area contributed by atoms with Gasteiger partial charge in [0.1, 0.15) is 18.7 Å². The average molecular weight is 571 g/mol. The van der Waals surface area contributed by atoms with Crippen molar-refractivity contribution < 1.29 is 22.7 Å². The van der Waals surface area contributed by atoms with Crippen molar-refractivity contribution in [3.63, 3.8) is 0 Å². The van der Waals surface area contributed by atoms with E-state index in [0.29, 0.717) is 11.5 Å². The van der Waals surface area contributed by atoms with Crippen LogP contribution in [0.25, 0.3) is 17.1 Å². The molecule has 0 spiro atoms. The summed E-state index contributed by atoms with van der Waals surface area (Å²) in [5.74, 6) is 0.0791. The fourth-order valence-corrected chi connectivity index (χ4v) is 4.03. The molecule has 5 N–H and O–H groups in total. The van der Waals surface area contributed by atoms with Crippen LogP contribution in [0.4, 0.5) is 18.0 Å². The zero-order chi connectivity index (χ0) is 28.5. The molecule has 2 amide bonds. The van der Waals surface area contributed by atoms with E-state index in [1.54, 1.807) is 12.1 Å². The van der Waals surface area contributed by atoms with E-state index in [1.807, 2.05) is 43.3 Å². The lowest BCUT2D eigenvalue weighted by molar-refractivity contribution is -0.274. The number of ether oxygens (including phenoxy) is 1.